The minimum atomic E-state index is 0.738. The molecule has 0 amide bonds. The Morgan fingerprint density at radius 3 is 2.88 bits per heavy atom. The molecule has 0 fully saturated rings. The molecule has 0 atom stereocenters. The molecule has 0 aliphatic heterocycles. The maximum absolute atomic E-state index is 5.71. The van der Waals surface area contributed by atoms with E-state index in [4.69, 9.17) is 5.73 Å². The van der Waals surface area contributed by atoms with Gasteiger partial charge in [0, 0.05) is 18.4 Å². The Labute approximate surface area is 95.3 Å². The molecule has 82 valence electrons. The van der Waals surface area contributed by atoms with Crippen LogP contribution in [0.4, 0.5) is 11.5 Å². The first-order chi connectivity index (χ1) is 7.74. The zero-order chi connectivity index (χ0) is 11.4. The first kappa shape index (κ1) is 10.5. The smallest absolute Gasteiger partial charge is 0.126 e. The van der Waals surface area contributed by atoms with Gasteiger partial charge in [0.25, 0.3) is 0 Å². The van der Waals surface area contributed by atoms with Crippen molar-refractivity contribution in [2.75, 3.05) is 11.1 Å². The van der Waals surface area contributed by atoms with Gasteiger partial charge in [0.15, 0.2) is 0 Å². The molecule has 0 radical (unpaired) electrons. The lowest BCUT2D eigenvalue weighted by molar-refractivity contribution is 1.11. The molecule has 1 aromatic heterocycles. The molecule has 0 saturated carbocycles. The van der Waals surface area contributed by atoms with Crippen molar-refractivity contribution < 1.29 is 0 Å². The second-order valence-corrected chi connectivity index (χ2v) is 3.82. The van der Waals surface area contributed by atoms with E-state index in [0.717, 1.165) is 23.6 Å². The van der Waals surface area contributed by atoms with Crippen LogP contribution in [0.5, 0.6) is 0 Å². The second-order valence-electron chi connectivity index (χ2n) is 3.82. The molecule has 3 nitrogen and oxygen atoms in total. The Hall–Kier alpha value is -2.03. The molecular formula is C13H15N3. The predicted octanol–water partition coefficient (Wildman–Crippen LogP) is 2.58. The molecule has 0 aliphatic rings. The van der Waals surface area contributed by atoms with Gasteiger partial charge in [-0.3, -0.25) is 0 Å². The summed E-state index contributed by atoms with van der Waals surface area (Å²) in [5, 5.41) is 3.26. The number of rotatable bonds is 3. The number of nitrogens with zero attached hydrogens (tertiary/aromatic N) is 1. The number of benzene rings is 1. The van der Waals surface area contributed by atoms with E-state index in [1.54, 1.807) is 6.20 Å². The first-order valence-corrected chi connectivity index (χ1v) is 5.25. The van der Waals surface area contributed by atoms with Gasteiger partial charge in [0.1, 0.15) is 5.82 Å². The molecule has 0 aliphatic carbocycles. The van der Waals surface area contributed by atoms with E-state index >= 15 is 0 Å². The maximum atomic E-state index is 5.71. The van der Waals surface area contributed by atoms with Crippen molar-refractivity contribution in [3.8, 4) is 0 Å². The molecule has 0 bridgehead atoms. The fourth-order valence-corrected chi connectivity index (χ4v) is 1.53. The third-order valence-corrected chi connectivity index (χ3v) is 2.34. The molecule has 16 heavy (non-hydrogen) atoms. The Morgan fingerprint density at radius 1 is 1.25 bits per heavy atom. The number of nitrogen functional groups attached to an aromatic ring is 1. The fraction of sp³-hybridized carbons (Fsp3) is 0.154. The number of aromatic nitrogens is 1. The molecule has 0 spiro atoms. The molecular weight excluding hydrogens is 198 g/mol. The Balaban J connectivity index is 2.02. The number of nitrogens with one attached hydrogen (secondary N) is 1. The highest BCUT2D eigenvalue weighted by molar-refractivity contribution is 5.43. The van der Waals surface area contributed by atoms with Crippen molar-refractivity contribution in [2.24, 2.45) is 0 Å². The third kappa shape index (κ3) is 2.73. The van der Waals surface area contributed by atoms with E-state index in [2.05, 4.69) is 10.3 Å². The van der Waals surface area contributed by atoms with Crippen LogP contribution in [0.25, 0.3) is 0 Å². The Morgan fingerprint density at radius 2 is 2.12 bits per heavy atom. The van der Waals surface area contributed by atoms with Gasteiger partial charge < -0.3 is 11.1 Å². The van der Waals surface area contributed by atoms with Crippen molar-refractivity contribution >= 4 is 11.5 Å². The van der Waals surface area contributed by atoms with Gasteiger partial charge in [-0.05, 0) is 42.3 Å². The minimum absolute atomic E-state index is 0.738. The molecule has 2 rings (SSSR count). The summed E-state index contributed by atoms with van der Waals surface area (Å²) in [7, 11) is 0. The summed E-state index contributed by atoms with van der Waals surface area (Å²) in [5.74, 6) is 0.891. The highest BCUT2D eigenvalue weighted by atomic mass is 15.0. The number of aryl methyl sites for hydroxylation is 1. The molecule has 0 saturated heterocycles. The number of anilines is 2. The normalized spacial score (nSPS) is 10.1. The summed E-state index contributed by atoms with van der Waals surface area (Å²) in [4.78, 5) is 4.23. The van der Waals surface area contributed by atoms with Crippen LogP contribution in [-0.2, 0) is 6.54 Å². The van der Waals surface area contributed by atoms with E-state index in [0.29, 0.717) is 0 Å². The second kappa shape index (κ2) is 4.66. The van der Waals surface area contributed by atoms with Crippen molar-refractivity contribution in [1.82, 2.24) is 4.98 Å². The van der Waals surface area contributed by atoms with Gasteiger partial charge in [-0.1, -0.05) is 12.1 Å². The number of nitrogens with two attached hydrogens (primary N) is 1. The molecule has 3 heteroatoms. The third-order valence-electron chi connectivity index (χ3n) is 2.34. The van der Waals surface area contributed by atoms with Crippen molar-refractivity contribution in [2.45, 2.75) is 13.5 Å². The number of pyridine rings is 1. The summed E-state index contributed by atoms with van der Waals surface area (Å²) < 4.78 is 0. The van der Waals surface area contributed by atoms with Crippen LogP contribution in [0.2, 0.25) is 0 Å². The number of hydrogen-bond acceptors (Lipinski definition) is 3. The average Bonchev–Trinajstić information content (AvgIpc) is 2.27. The molecule has 1 aromatic carbocycles. The van der Waals surface area contributed by atoms with E-state index in [9.17, 15) is 0 Å². The summed E-state index contributed by atoms with van der Waals surface area (Å²) in [6.45, 7) is 2.79. The molecule has 3 N–H and O–H groups in total. The van der Waals surface area contributed by atoms with Gasteiger partial charge >= 0.3 is 0 Å². The van der Waals surface area contributed by atoms with Gasteiger partial charge in [-0.15, -0.1) is 0 Å². The lowest BCUT2D eigenvalue weighted by Gasteiger charge is -2.06. The quantitative estimate of drug-likeness (QED) is 0.770. The zero-order valence-electron chi connectivity index (χ0n) is 9.27. The van der Waals surface area contributed by atoms with Gasteiger partial charge in [0.2, 0.25) is 0 Å². The fourth-order valence-electron chi connectivity index (χ4n) is 1.53. The van der Waals surface area contributed by atoms with Crippen molar-refractivity contribution in [3.05, 3.63) is 53.7 Å². The van der Waals surface area contributed by atoms with Crippen molar-refractivity contribution in [1.29, 1.82) is 0 Å². The molecule has 0 unspecified atom stereocenters. The highest BCUT2D eigenvalue weighted by Crippen LogP contribution is 2.10. The summed E-state index contributed by atoms with van der Waals surface area (Å²) in [6.07, 6.45) is 1.80. The van der Waals surface area contributed by atoms with Crippen LogP contribution in [0.15, 0.2) is 42.6 Å². The lowest BCUT2D eigenvalue weighted by Crippen LogP contribution is -2.01. The summed E-state index contributed by atoms with van der Waals surface area (Å²) in [5.41, 5.74) is 8.85. The Kier molecular flexibility index (Phi) is 3.05. The van der Waals surface area contributed by atoms with Crippen LogP contribution >= 0.6 is 0 Å². The van der Waals surface area contributed by atoms with Crippen LogP contribution in [0, 0.1) is 6.92 Å². The largest absolute Gasteiger partial charge is 0.399 e. The monoisotopic (exact) mass is 213 g/mol. The maximum Gasteiger partial charge on any atom is 0.126 e. The van der Waals surface area contributed by atoms with E-state index in [-0.39, 0.29) is 0 Å². The van der Waals surface area contributed by atoms with Gasteiger partial charge in [-0.2, -0.15) is 0 Å². The van der Waals surface area contributed by atoms with Crippen LogP contribution in [0.1, 0.15) is 11.1 Å². The van der Waals surface area contributed by atoms with E-state index < -0.39 is 0 Å². The van der Waals surface area contributed by atoms with Gasteiger partial charge in [-0.25, -0.2) is 4.98 Å². The topological polar surface area (TPSA) is 50.9 Å². The SMILES string of the molecule is Cc1ccnc(NCc2cccc(N)c2)c1. The van der Waals surface area contributed by atoms with Crippen LogP contribution in [0.3, 0.4) is 0 Å². The van der Waals surface area contributed by atoms with Crippen LogP contribution in [-0.4, -0.2) is 4.98 Å². The zero-order valence-corrected chi connectivity index (χ0v) is 9.27. The van der Waals surface area contributed by atoms with Crippen LogP contribution < -0.4 is 11.1 Å². The van der Waals surface area contributed by atoms with Gasteiger partial charge in [0.05, 0.1) is 0 Å². The standard InChI is InChI=1S/C13H15N3/c1-10-5-6-15-13(7-10)16-9-11-3-2-4-12(14)8-11/h2-8H,9,14H2,1H3,(H,15,16). The summed E-state index contributed by atoms with van der Waals surface area (Å²) >= 11 is 0. The summed E-state index contributed by atoms with van der Waals surface area (Å²) in [6, 6.07) is 11.8. The van der Waals surface area contributed by atoms with E-state index in [1.807, 2.05) is 43.3 Å². The lowest BCUT2D eigenvalue weighted by atomic mass is 10.2. The Bertz CT molecular complexity index is 435. The first-order valence-electron chi connectivity index (χ1n) is 5.25. The number of hydrogen-bond donors (Lipinski definition) is 2. The van der Waals surface area contributed by atoms with E-state index in [1.165, 1.54) is 5.56 Å². The van der Waals surface area contributed by atoms with Crippen molar-refractivity contribution in [3.63, 3.8) is 0 Å². The highest BCUT2D eigenvalue weighted by Gasteiger charge is 1.95. The predicted molar refractivity (Wildman–Crippen MR) is 67.2 cm³/mol. The minimum Gasteiger partial charge on any atom is -0.399 e. The average molecular weight is 213 g/mol. The molecule has 2 aromatic rings. The molecule has 1 heterocycles.